The van der Waals surface area contributed by atoms with Crippen molar-refractivity contribution in [3.05, 3.63) is 52.0 Å². The molecule has 1 amide bonds. The van der Waals surface area contributed by atoms with E-state index in [1.807, 2.05) is 12.1 Å². The lowest BCUT2D eigenvalue weighted by atomic mass is 10.1. The van der Waals surface area contributed by atoms with Gasteiger partial charge in [-0.3, -0.25) is 4.79 Å². The second-order valence-electron chi connectivity index (χ2n) is 5.77. The number of nitrogens with zero attached hydrogens (tertiary/aromatic N) is 1. The molecule has 0 atom stereocenters. The Balaban J connectivity index is 2.20. The summed E-state index contributed by atoms with van der Waals surface area (Å²) < 4.78 is 0. The predicted molar refractivity (Wildman–Crippen MR) is 105 cm³/mol. The third kappa shape index (κ3) is 5.03. The van der Waals surface area contributed by atoms with Crippen LogP contribution in [0.15, 0.2) is 36.4 Å². The van der Waals surface area contributed by atoms with Gasteiger partial charge in [0.25, 0.3) is 5.91 Å². The van der Waals surface area contributed by atoms with Crippen LogP contribution >= 0.6 is 23.2 Å². The molecule has 2 N–H and O–H groups in total. The number of hydrogen-bond donors (Lipinski definition) is 2. The van der Waals surface area contributed by atoms with Crippen LogP contribution in [0.25, 0.3) is 0 Å². The fourth-order valence-corrected chi connectivity index (χ4v) is 2.99. The Kier molecular flexibility index (Phi) is 6.97. The molecule has 6 heteroatoms. The summed E-state index contributed by atoms with van der Waals surface area (Å²) in [6.07, 6.45) is 2.09. The van der Waals surface area contributed by atoms with E-state index in [0.29, 0.717) is 15.7 Å². The zero-order chi connectivity index (χ0) is 18.4. The molecule has 2 aromatic carbocycles. The maximum Gasteiger partial charge on any atom is 0.259 e. The van der Waals surface area contributed by atoms with E-state index in [1.165, 1.54) is 18.2 Å². The summed E-state index contributed by atoms with van der Waals surface area (Å²) in [5.41, 5.74) is 1.62. The van der Waals surface area contributed by atoms with Crippen molar-refractivity contribution < 1.29 is 9.90 Å². The van der Waals surface area contributed by atoms with Crippen LogP contribution in [0, 0.1) is 0 Å². The summed E-state index contributed by atoms with van der Waals surface area (Å²) in [5, 5.41) is 13.4. The number of rotatable bonds is 7. The van der Waals surface area contributed by atoms with Crippen molar-refractivity contribution in [2.24, 2.45) is 0 Å². The van der Waals surface area contributed by atoms with Gasteiger partial charge in [-0.1, -0.05) is 37.0 Å². The van der Waals surface area contributed by atoms with Crippen LogP contribution in [-0.2, 0) is 0 Å². The van der Waals surface area contributed by atoms with Crippen molar-refractivity contribution >= 4 is 40.5 Å². The predicted octanol–water partition coefficient (Wildman–Crippen LogP) is 5.58. The van der Waals surface area contributed by atoms with Crippen molar-refractivity contribution in [3.63, 3.8) is 0 Å². The number of carbonyl (C=O) groups excluding carboxylic acids is 1. The Morgan fingerprint density at radius 1 is 1.08 bits per heavy atom. The number of anilines is 2. The van der Waals surface area contributed by atoms with Gasteiger partial charge in [0.2, 0.25) is 0 Å². The zero-order valence-corrected chi connectivity index (χ0v) is 15.9. The van der Waals surface area contributed by atoms with Crippen molar-refractivity contribution in [3.8, 4) is 5.75 Å². The van der Waals surface area contributed by atoms with Crippen molar-refractivity contribution in [2.75, 3.05) is 23.3 Å². The molecule has 0 aliphatic heterocycles. The summed E-state index contributed by atoms with van der Waals surface area (Å²) in [7, 11) is 0. The molecule has 0 unspecified atom stereocenters. The molecule has 0 saturated carbocycles. The lowest BCUT2D eigenvalue weighted by molar-refractivity contribution is 0.102. The van der Waals surface area contributed by atoms with E-state index in [-0.39, 0.29) is 11.3 Å². The van der Waals surface area contributed by atoms with E-state index < -0.39 is 5.91 Å². The Morgan fingerprint density at radius 3 is 2.36 bits per heavy atom. The van der Waals surface area contributed by atoms with E-state index in [2.05, 4.69) is 24.1 Å². The Morgan fingerprint density at radius 2 is 1.76 bits per heavy atom. The van der Waals surface area contributed by atoms with Gasteiger partial charge in [-0.15, -0.1) is 0 Å². The molecule has 4 nitrogen and oxygen atoms in total. The molecule has 134 valence electrons. The number of hydrogen-bond acceptors (Lipinski definition) is 3. The second kappa shape index (κ2) is 8.97. The van der Waals surface area contributed by atoms with Gasteiger partial charge in [-0.05, 0) is 49.2 Å². The number of nitrogens with one attached hydrogen (secondary N) is 1. The smallest absolute Gasteiger partial charge is 0.259 e. The number of halogens is 2. The molecule has 0 radical (unpaired) electrons. The first kappa shape index (κ1) is 19.4. The van der Waals surface area contributed by atoms with Gasteiger partial charge in [0, 0.05) is 23.8 Å². The van der Waals surface area contributed by atoms with Gasteiger partial charge in [-0.2, -0.15) is 0 Å². The van der Waals surface area contributed by atoms with Crippen molar-refractivity contribution in [1.29, 1.82) is 0 Å². The van der Waals surface area contributed by atoms with E-state index in [4.69, 9.17) is 23.2 Å². The minimum Gasteiger partial charge on any atom is -0.507 e. The summed E-state index contributed by atoms with van der Waals surface area (Å²) in [4.78, 5) is 14.6. The van der Waals surface area contributed by atoms with Gasteiger partial charge in [-0.25, -0.2) is 0 Å². The van der Waals surface area contributed by atoms with E-state index in [0.717, 1.165) is 31.6 Å². The molecule has 0 aliphatic rings. The maximum atomic E-state index is 12.4. The van der Waals surface area contributed by atoms with Gasteiger partial charge in [0.05, 0.1) is 16.3 Å². The van der Waals surface area contributed by atoms with Crippen LogP contribution in [0.1, 0.15) is 37.0 Å². The van der Waals surface area contributed by atoms with Crippen LogP contribution in [0.5, 0.6) is 5.75 Å². The topological polar surface area (TPSA) is 52.6 Å². The number of benzene rings is 2. The zero-order valence-electron chi connectivity index (χ0n) is 14.4. The highest BCUT2D eigenvalue weighted by Crippen LogP contribution is 2.29. The second-order valence-corrected chi connectivity index (χ2v) is 6.61. The minimum atomic E-state index is -0.464. The molecule has 0 bridgehead atoms. The van der Waals surface area contributed by atoms with E-state index >= 15 is 0 Å². The maximum absolute atomic E-state index is 12.4. The molecule has 2 rings (SSSR count). The highest BCUT2D eigenvalue weighted by Gasteiger charge is 2.14. The molecule has 0 fully saturated rings. The third-order valence-corrected chi connectivity index (χ3v) is 4.30. The summed E-state index contributed by atoms with van der Waals surface area (Å²) in [6.45, 7) is 6.17. The fraction of sp³-hybridized carbons (Fsp3) is 0.316. The van der Waals surface area contributed by atoms with Crippen LogP contribution in [0.4, 0.5) is 11.4 Å². The number of aromatic hydroxyl groups is 1. The molecular weight excluding hydrogens is 359 g/mol. The van der Waals surface area contributed by atoms with Gasteiger partial charge >= 0.3 is 0 Å². The van der Waals surface area contributed by atoms with Crippen LogP contribution in [0.3, 0.4) is 0 Å². The number of carbonyl (C=O) groups is 1. The minimum absolute atomic E-state index is 0.103. The molecule has 0 saturated heterocycles. The Labute approximate surface area is 158 Å². The normalized spacial score (nSPS) is 10.6. The average Bonchev–Trinajstić information content (AvgIpc) is 2.58. The molecule has 25 heavy (non-hydrogen) atoms. The van der Waals surface area contributed by atoms with Gasteiger partial charge in [0.15, 0.2) is 0 Å². The molecule has 0 heterocycles. The fourth-order valence-electron chi connectivity index (χ4n) is 2.59. The number of amides is 1. The summed E-state index contributed by atoms with van der Waals surface area (Å²) in [5.74, 6) is -0.597. The van der Waals surface area contributed by atoms with Crippen LogP contribution in [0.2, 0.25) is 10.0 Å². The van der Waals surface area contributed by atoms with Crippen LogP contribution < -0.4 is 10.2 Å². The Hall–Kier alpha value is -1.91. The molecule has 0 spiro atoms. The van der Waals surface area contributed by atoms with Crippen molar-refractivity contribution in [2.45, 2.75) is 26.7 Å². The highest BCUT2D eigenvalue weighted by atomic mass is 35.5. The molecule has 2 aromatic rings. The first-order valence-electron chi connectivity index (χ1n) is 8.30. The van der Waals surface area contributed by atoms with E-state index in [1.54, 1.807) is 6.07 Å². The summed E-state index contributed by atoms with van der Waals surface area (Å²) in [6, 6.07) is 9.87. The average molecular weight is 381 g/mol. The largest absolute Gasteiger partial charge is 0.507 e. The van der Waals surface area contributed by atoms with E-state index in [9.17, 15) is 9.90 Å². The quantitative estimate of drug-likeness (QED) is 0.659. The molecular formula is C19H22Cl2N2O2. The van der Waals surface area contributed by atoms with Gasteiger partial charge in [0.1, 0.15) is 5.75 Å². The molecule has 0 aromatic heterocycles. The first-order chi connectivity index (χ1) is 12.0. The first-order valence-corrected chi connectivity index (χ1v) is 9.06. The third-order valence-electron chi connectivity index (χ3n) is 3.76. The van der Waals surface area contributed by atoms with Crippen molar-refractivity contribution in [1.82, 2.24) is 0 Å². The monoisotopic (exact) mass is 380 g/mol. The SMILES string of the molecule is CCCN(CCC)c1ccc(NC(=O)c2cc(Cl)ccc2O)c(Cl)c1. The summed E-state index contributed by atoms with van der Waals surface area (Å²) >= 11 is 12.2. The standard InChI is InChI=1S/C19H22Cl2N2O2/c1-3-9-23(10-4-2)14-6-7-17(16(21)12-14)22-19(25)15-11-13(20)5-8-18(15)24/h5-8,11-12,24H,3-4,9-10H2,1-2H3,(H,22,25). The number of phenols is 1. The highest BCUT2D eigenvalue weighted by molar-refractivity contribution is 6.34. The van der Waals surface area contributed by atoms with Gasteiger partial charge < -0.3 is 15.3 Å². The van der Waals surface area contributed by atoms with Crippen LogP contribution in [-0.4, -0.2) is 24.1 Å². The lowest BCUT2D eigenvalue weighted by Gasteiger charge is -2.24. The number of phenolic OH excluding ortho intramolecular Hbond substituents is 1. The molecule has 0 aliphatic carbocycles. The Bertz CT molecular complexity index is 744. The lowest BCUT2D eigenvalue weighted by Crippen LogP contribution is -2.24.